The van der Waals surface area contributed by atoms with Crippen molar-refractivity contribution in [2.45, 2.75) is 44.9 Å². The van der Waals surface area contributed by atoms with Gasteiger partial charge >= 0.3 is 5.97 Å². The van der Waals surface area contributed by atoms with Crippen molar-refractivity contribution in [3.05, 3.63) is 89.5 Å². The first-order valence-electron chi connectivity index (χ1n) is 12.4. The highest BCUT2D eigenvalue weighted by atomic mass is 16.6. The van der Waals surface area contributed by atoms with Crippen molar-refractivity contribution in [3.8, 4) is 17.2 Å². The summed E-state index contributed by atoms with van der Waals surface area (Å²) in [5.41, 5.74) is 2.15. The molecule has 3 aromatic rings. The maximum Gasteiger partial charge on any atom is 0.308 e. The Morgan fingerprint density at radius 3 is 2.41 bits per heavy atom. The number of nitrogens with one attached hydrogen (secondary N) is 1. The average molecular weight is 508 g/mol. The molecule has 0 saturated carbocycles. The van der Waals surface area contributed by atoms with Crippen molar-refractivity contribution < 1.29 is 34.0 Å². The van der Waals surface area contributed by atoms with Crippen LogP contribution in [0.4, 0.5) is 0 Å². The lowest BCUT2D eigenvalue weighted by Gasteiger charge is -2.34. The van der Waals surface area contributed by atoms with E-state index in [-0.39, 0.29) is 24.6 Å². The van der Waals surface area contributed by atoms with Gasteiger partial charge in [-0.15, -0.1) is 0 Å². The standard InChI is InChI=1S/C29H33NO7/c1-20(32)35-25-12-11-22(15-23(25)17-31)24(33)16-30-14-13-28-29(19-34-18-21-7-3-2-4-8-21)37-27-10-6-5-9-26(27)36-28/h2-12,15,24,28-31,33H,13-14,16-19H2,1H3/t24-,28?,29+/m0/s1. The quantitative estimate of drug-likeness (QED) is 0.194. The van der Waals surface area contributed by atoms with E-state index in [1.165, 1.54) is 6.92 Å². The van der Waals surface area contributed by atoms with Gasteiger partial charge in [-0.3, -0.25) is 4.79 Å². The van der Waals surface area contributed by atoms with E-state index in [0.29, 0.717) is 55.4 Å². The minimum atomic E-state index is -0.800. The Hall–Kier alpha value is -3.43. The second-order valence-corrected chi connectivity index (χ2v) is 8.89. The zero-order chi connectivity index (χ0) is 26.0. The van der Waals surface area contributed by atoms with Gasteiger partial charge in [0.05, 0.1) is 25.9 Å². The van der Waals surface area contributed by atoms with Crippen LogP contribution in [0.25, 0.3) is 0 Å². The van der Waals surface area contributed by atoms with Crippen molar-refractivity contribution in [2.75, 3.05) is 19.7 Å². The number of rotatable bonds is 12. The third-order valence-electron chi connectivity index (χ3n) is 6.05. The molecule has 0 aliphatic carbocycles. The number of carbonyl (C=O) groups excluding carboxylic acids is 1. The van der Waals surface area contributed by atoms with Gasteiger partial charge in [-0.2, -0.15) is 0 Å². The lowest BCUT2D eigenvalue weighted by molar-refractivity contribution is -0.131. The number of para-hydroxylation sites is 2. The molecule has 196 valence electrons. The Kier molecular flexibility index (Phi) is 9.51. The number of ether oxygens (including phenoxy) is 4. The molecule has 1 aliphatic rings. The van der Waals surface area contributed by atoms with Gasteiger partial charge in [0.2, 0.25) is 0 Å². The van der Waals surface area contributed by atoms with E-state index in [9.17, 15) is 15.0 Å². The first-order chi connectivity index (χ1) is 18.0. The van der Waals surface area contributed by atoms with Crippen LogP contribution < -0.4 is 19.5 Å². The maximum absolute atomic E-state index is 11.2. The maximum atomic E-state index is 11.2. The highest BCUT2D eigenvalue weighted by molar-refractivity contribution is 5.69. The lowest BCUT2D eigenvalue weighted by Crippen LogP contribution is -2.44. The molecule has 4 rings (SSSR count). The number of benzene rings is 3. The number of esters is 1. The van der Waals surface area contributed by atoms with Crippen LogP contribution in [0, 0.1) is 0 Å². The van der Waals surface area contributed by atoms with Gasteiger partial charge in [0.1, 0.15) is 11.9 Å². The van der Waals surface area contributed by atoms with E-state index in [2.05, 4.69) is 5.32 Å². The summed E-state index contributed by atoms with van der Waals surface area (Å²) in [5.74, 6) is 1.22. The van der Waals surface area contributed by atoms with Crippen molar-refractivity contribution in [3.63, 3.8) is 0 Å². The first-order valence-corrected chi connectivity index (χ1v) is 12.4. The summed E-state index contributed by atoms with van der Waals surface area (Å²) in [7, 11) is 0. The molecule has 37 heavy (non-hydrogen) atoms. The Morgan fingerprint density at radius 1 is 1.00 bits per heavy atom. The van der Waals surface area contributed by atoms with Crippen LogP contribution in [0.5, 0.6) is 17.2 Å². The van der Waals surface area contributed by atoms with E-state index in [1.807, 2.05) is 54.6 Å². The molecule has 8 heteroatoms. The third-order valence-corrected chi connectivity index (χ3v) is 6.05. The highest BCUT2D eigenvalue weighted by Gasteiger charge is 2.31. The zero-order valence-corrected chi connectivity index (χ0v) is 20.8. The number of carbonyl (C=O) groups is 1. The molecule has 1 heterocycles. The molecule has 0 saturated heterocycles. The summed E-state index contributed by atoms with van der Waals surface area (Å²) >= 11 is 0. The van der Waals surface area contributed by atoms with E-state index < -0.39 is 12.1 Å². The monoisotopic (exact) mass is 507 g/mol. The molecule has 8 nitrogen and oxygen atoms in total. The van der Waals surface area contributed by atoms with Gasteiger partial charge in [0, 0.05) is 25.5 Å². The molecule has 0 aromatic heterocycles. The van der Waals surface area contributed by atoms with Crippen LogP contribution in [-0.2, 0) is 22.7 Å². The molecule has 3 N–H and O–H groups in total. The van der Waals surface area contributed by atoms with Crippen LogP contribution in [0.3, 0.4) is 0 Å². The molecule has 1 aliphatic heterocycles. The van der Waals surface area contributed by atoms with Gasteiger partial charge in [0.15, 0.2) is 17.6 Å². The van der Waals surface area contributed by atoms with E-state index >= 15 is 0 Å². The summed E-state index contributed by atoms with van der Waals surface area (Å²) in [6.45, 7) is 2.76. The van der Waals surface area contributed by atoms with Gasteiger partial charge < -0.3 is 34.5 Å². The summed E-state index contributed by atoms with van der Waals surface area (Å²) in [5, 5.41) is 23.5. The smallest absolute Gasteiger partial charge is 0.308 e. The molecule has 0 radical (unpaired) electrons. The van der Waals surface area contributed by atoms with Crippen molar-refractivity contribution in [2.24, 2.45) is 0 Å². The zero-order valence-electron chi connectivity index (χ0n) is 20.8. The molecule has 1 unspecified atom stereocenters. The third kappa shape index (κ3) is 7.53. The predicted molar refractivity (Wildman–Crippen MR) is 137 cm³/mol. The normalized spacial score (nSPS) is 17.3. The molecular weight excluding hydrogens is 474 g/mol. The Labute approximate surface area is 216 Å². The number of hydrogen-bond donors (Lipinski definition) is 3. The average Bonchev–Trinajstić information content (AvgIpc) is 2.91. The fraction of sp³-hybridized carbons (Fsp3) is 0.345. The molecule has 0 bridgehead atoms. The van der Waals surface area contributed by atoms with Gasteiger partial charge in [-0.1, -0.05) is 48.5 Å². The topological polar surface area (TPSA) is 106 Å². The fourth-order valence-corrected chi connectivity index (χ4v) is 4.16. The van der Waals surface area contributed by atoms with Crippen LogP contribution in [0.1, 0.15) is 36.1 Å². The predicted octanol–water partition coefficient (Wildman–Crippen LogP) is 3.54. The van der Waals surface area contributed by atoms with Gasteiger partial charge in [-0.05, 0) is 41.9 Å². The number of fused-ring (bicyclic) bond motifs is 1. The Bertz CT molecular complexity index is 1150. The van der Waals surface area contributed by atoms with Crippen molar-refractivity contribution in [1.29, 1.82) is 0 Å². The van der Waals surface area contributed by atoms with Crippen molar-refractivity contribution in [1.82, 2.24) is 5.32 Å². The molecular formula is C29H33NO7. The van der Waals surface area contributed by atoms with Crippen molar-refractivity contribution >= 4 is 5.97 Å². The number of aliphatic hydroxyl groups is 2. The van der Waals surface area contributed by atoms with E-state index in [0.717, 1.165) is 5.56 Å². The molecule has 0 spiro atoms. The summed E-state index contributed by atoms with van der Waals surface area (Å²) in [4.78, 5) is 11.2. The summed E-state index contributed by atoms with van der Waals surface area (Å²) in [6, 6.07) is 22.5. The molecule has 3 atom stereocenters. The van der Waals surface area contributed by atoms with Crippen LogP contribution in [-0.4, -0.2) is 48.1 Å². The SMILES string of the molecule is CC(=O)Oc1ccc([C@@H](O)CNCCC2Oc3ccccc3O[C@@H]2COCc2ccccc2)cc1CO. The lowest BCUT2D eigenvalue weighted by atomic mass is 10.0. The minimum absolute atomic E-state index is 0.223. The summed E-state index contributed by atoms with van der Waals surface area (Å²) < 4.78 is 23.5. The highest BCUT2D eigenvalue weighted by Crippen LogP contribution is 2.34. The first kappa shape index (κ1) is 26.6. The molecule has 0 fully saturated rings. The second-order valence-electron chi connectivity index (χ2n) is 8.89. The van der Waals surface area contributed by atoms with Crippen LogP contribution in [0.2, 0.25) is 0 Å². The van der Waals surface area contributed by atoms with Gasteiger partial charge in [-0.25, -0.2) is 0 Å². The van der Waals surface area contributed by atoms with Crippen LogP contribution in [0.15, 0.2) is 72.8 Å². The number of hydrogen-bond acceptors (Lipinski definition) is 8. The summed E-state index contributed by atoms with van der Waals surface area (Å²) in [6.07, 6.45) is -0.648. The van der Waals surface area contributed by atoms with Crippen LogP contribution >= 0.6 is 0 Å². The van der Waals surface area contributed by atoms with E-state index in [1.54, 1.807) is 18.2 Å². The Morgan fingerprint density at radius 2 is 1.70 bits per heavy atom. The largest absolute Gasteiger partial charge is 0.483 e. The van der Waals surface area contributed by atoms with E-state index in [4.69, 9.17) is 18.9 Å². The molecule has 0 amide bonds. The Balaban J connectivity index is 1.30. The minimum Gasteiger partial charge on any atom is -0.483 e. The number of aliphatic hydroxyl groups excluding tert-OH is 2. The van der Waals surface area contributed by atoms with Gasteiger partial charge in [0.25, 0.3) is 0 Å². The second kappa shape index (κ2) is 13.2. The molecule has 3 aromatic carbocycles. The fourth-order valence-electron chi connectivity index (χ4n) is 4.16.